The van der Waals surface area contributed by atoms with Gasteiger partial charge in [0.2, 0.25) is 0 Å². The Kier molecular flexibility index (Phi) is 6.14. The Morgan fingerprint density at radius 3 is 2.15 bits per heavy atom. The Bertz CT molecular complexity index is 886. The summed E-state index contributed by atoms with van der Waals surface area (Å²) < 4.78 is 0. The van der Waals surface area contributed by atoms with Crippen molar-refractivity contribution in [3.63, 3.8) is 0 Å². The molecule has 0 spiro atoms. The smallest absolute Gasteiger partial charge is 0.313 e. The zero-order valence-corrected chi connectivity index (χ0v) is 22.7. The Morgan fingerprint density at radius 1 is 0.912 bits per heavy atom. The van der Waals surface area contributed by atoms with Gasteiger partial charge in [-0.25, -0.2) is 0 Å². The molecule has 0 saturated heterocycles. The molecular formula is C30H48O4. The van der Waals surface area contributed by atoms with E-state index in [1.54, 1.807) is 0 Å². The number of fused-ring (bicyclic) bond motifs is 5. The first kappa shape index (κ1) is 25.8. The van der Waals surface area contributed by atoms with Gasteiger partial charge in [-0.3, -0.25) is 9.59 Å². The SMILES string of the molecule is CC(C)[C@@H]1CC[C@]2(C)C(CCC3C4=CC(C)(C)CC[C@]4(C(=O)O)CC[C@]32C)[C@@]1(C)CCC(=O)O. The van der Waals surface area contributed by atoms with Crippen LogP contribution in [0.4, 0.5) is 0 Å². The van der Waals surface area contributed by atoms with E-state index in [4.69, 9.17) is 0 Å². The van der Waals surface area contributed by atoms with Crippen molar-refractivity contribution in [1.82, 2.24) is 0 Å². The molecule has 0 heterocycles. The van der Waals surface area contributed by atoms with Crippen LogP contribution in [0.15, 0.2) is 11.6 Å². The maximum Gasteiger partial charge on any atom is 0.313 e. The van der Waals surface area contributed by atoms with Crippen molar-refractivity contribution in [2.75, 3.05) is 0 Å². The fourth-order valence-electron chi connectivity index (χ4n) is 9.94. The third kappa shape index (κ3) is 3.52. The molecule has 4 rings (SSSR count). The van der Waals surface area contributed by atoms with E-state index in [9.17, 15) is 19.8 Å². The third-order valence-electron chi connectivity index (χ3n) is 12.0. The summed E-state index contributed by atoms with van der Waals surface area (Å²) in [6.07, 6.45) is 11.2. The maximum atomic E-state index is 12.7. The lowest BCUT2D eigenvalue weighted by molar-refractivity contribution is -0.198. The van der Waals surface area contributed by atoms with E-state index < -0.39 is 17.4 Å². The summed E-state index contributed by atoms with van der Waals surface area (Å²) in [7, 11) is 0. The number of carboxylic acids is 2. The molecule has 4 heteroatoms. The summed E-state index contributed by atoms with van der Waals surface area (Å²) in [4.78, 5) is 24.4. The first-order chi connectivity index (χ1) is 15.6. The van der Waals surface area contributed by atoms with E-state index in [2.05, 4.69) is 54.5 Å². The van der Waals surface area contributed by atoms with Crippen LogP contribution in [0.5, 0.6) is 0 Å². The van der Waals surface area contributed by atoms with Gasteiger partial charge in [-0.2, -0.15) is 0 Å². The van der Waals surface area contributed by atoms with Crippen LogP contribution in [0, 0.1) is 50.7 Å². The topological polar surface area (TPSA) is 74.6 Å². The van der Waals surface area contributed by atoms with Gasteiger partial charge in [-0.05, 0) is 103 Å². The number of allylic oxidation sites excluding steroid dienone is 1. The Hall–Kier alpha value is -1.32. The molecule has 3 saturated carbocycles. The molecule has 4 nitrogen and oxygen atoms in total. The average molecular weight is 473 g/mol. The van der Waals surface area contributed by atoms with Gasteiger partial charge in [0.1, 0.15) is 0 Å². The van der Waals surface area contributed by atoms with Crippen LogP contribution in [-0.4, -0.2) is 22.2 Å². The van der Waals surface area contributed by atoms with E-state index >= 15 is 0 Å². The zero-order valence-electron chi connectivity index (χ0n) is 22.7. The van der Waals surface area contributed by atoms with Crippen molar-refractivity contribution in [1.29, 1.82) is 0 Å². The molecule has 0 aliphatic heterocycles. The van der Waals surface area contributed by atoms with Crippen molar-refractivity contribution in [3.8, 4) is 0 Å². The Balaban J connectivity index is 1.79. The molecule has 4 aliphatic carbocycles. The van der Waals surface area contributed by atoms with Crippen molar-refractivity contribution < 1.29 is 19.8 Å². The normalized spacial score (nSPS) is 45.5. The van der Waals surface area contributed by atoms with Crippen LogP contribution < -0.4 is 0 Å². The van der Waals surface area contributed by atoms with Crippen LogP contribution in [0.2, 0.25) is 0 Å². The molecule has 4 aliphatic rings. The predicted molar refractivity (Wildman–Crippen MR) is 135 cm³/mol. The zero-order chi connectivity index (χ0) is 25.3. The molecule has 2 N–H and O–H groups in total. The highest BCUT2D eigenvalue weighted by Crippen LogP contribution is 2.74. The first-order valence-corrected chi connectivity index (χ1v) is 13.8. The molecule has 0 aromatic heterocycles. The molecule has 3 fully saturated rings. The van der Waals surface area contributed by atoms with E-state index in [-0.39, 0.29) is 28.1 Å². The summed E-state index contributed by atoms with van der Waals surface area (Å²) in [5.41, 5.74) is 0.778. The van der Waals surface area contributed by atoms with Gasteiger partial charge in [0.05, 0.1) is 5.41 Å². The molecule has 0 aromatic carbocycles. The van der Waals surface area contributed by atoms with Gasteiger partial charge in [0, 0.05) is 6.42 Å². The highest BCUT2D eigenvalue weighted by Gasteiger charge is 2.68. The summed E-state index contributed by atoms with van der Waals surface area (Å²) in [6.45, 7) is 16.5. The Labute approximate surface area is 207 Å². The summed E-state index contributed by atoms with van der Waals surface area (Å²) in [5, 5.41) is 20.0. The molecule has 0 bridgehead atoms. The lowest BCUT2D eigenvalue weighted by Gasteiger charge is -2.70. The van der Waals surface area contributed by atoms with E-state index in [1.165, 1.54) is 12.0 Å². The van der Waals surface area contributed by atoms with Gasteiger partial charge in [-0.1, -0.05) is 60.1 Å². The standard InChI is InChI=1S/C30H48O4/c1-19(2)20-10-13-29(7)23(27(20,5)12-11-24(31)32)9-8-21-22-18-26(3,4)14-16-30(22,25(33)34)17-15-28(21,29)6/h18-21,23H,8-17H2,1-7H3,(H,31,32)(H,33,34)/t20-,21?,23?,27-,28+,29+,30-/m0/s1. The number of aliphatic carboxylic acids is 2. The average Bonchev–Trinajstić information content (AvgIpc) is 2.72. The van der Waals surface area contributed by atoms with Crippen molar-refractivity contribution in [2.24, 2.45) is 50.7 Å². The predicted octanol–water partition coefficient (Wildman–Crippen LogP) is 7.57. The number of carbonyl (C=O) groups is 2. The second-order valence-corrected chi connectivity index (χ2v) is 14.3. The van der Waals surface area contributed by atoms with Crippen molar-refractivity contribution in [2.45, 2.75) is 113 Å². The highest BCUT2D eigenvalue weighted by atomic mass is 16.4. The van der Waals surface area contributed by atoms with Crippen LogP contribution in [0.3, 0.4) is 0 Å². The highest BCUT2D eigenvalue weighted by molar-refractivity contribution is 5.80. The van der Waals surface area contributed by atoms with Gasteiger partial charge in [0.25, 0.3) is 0 Å². The van der Waals surface area contributed by atoms with E-state index in [0.717, 1.165) is 51.4 Å². The van der Waals surface area contributed by atoms with Crippen LogP contribution in [-0.2, 0) is 9.59 Å². The van der Waals surface area contributed by atoms with Gasteiger partial charge < -0.3 is 10.2 Å². The summed E-state index contributed by atoms with van der Waals surface area (Å²) >= 11 is 0. The fourth-order valence-corrected chi connectivity index (χ4v) is 9.94. The second kappa shape index (κ2) is 8.10. The first-order valence-electron chi connectivity index (χ1n) is 13.8. The number of hydrogen-bond acceptors (Lipinski definition) is 2. The molecule has 7 atom stereocenters. The third-order valence-corrected chi connectivity index (χ3v) is 12.0. The van der Waals surface area contributed by atoms with E-state index in [1.807, 2.05) is 0 Å². The summed E-state index contributed by atoms with van der Waals surface area (Å²) in [5.74, 6) is 0.586. The minimum absolute atomic E-state index is 0.00901. The molecular weight excluding hydrogens is 424 g/mol. The molecule has 0 radical (unpaired) electrons. The molecule has 34 heavy (non-hydrogen) atoms. The molecule has 2 unspecified atom stereocenters. The van der Waals surface area contributed by atoms with Gasteiger partial charge in [-0.15, -0.1) is 0 Å². The number of hydrogen-bond donors (Lipinski definition) is 2. The molecule has 192 valence electrons. The largest absolute Gasteiger partial charge is 0.481 e. The minimum atomic E-state index is -0.686. The van der Waals surface area contributed by atoms with Gasteiger partial charge in [0.15, 0.2) is 0 Å². The van der Waals surface area contributed by atoms with Crippen LogP contribution in [0.1, 0.15) is 113 Å². The lowest BCUT2D eigenvalue weighted by Crippen LogP contribution is -2.63. The van der Waals surface area contributed by atoms with Crippen molar-refractivity contribution in [3.05, 3.63) is 11.6 Å². The molecule has 0 amide bonds. The van der Waals surface area contributed by atoms with Crippen LogP contribution >= 0.6 is 0 Å². The lowest BCUT2D eigenvalue weighted by atomic mass is 9.34. The fraction of sp³-hybridized carbons (Fsp3) is 0.867. The Morgan fingerprint density at radius 2 is 1.56 bits per heavy atom. The molecule has 0 aromatic rings. The van der Waals surface area contributed by atoms with E-state index in [0.29, 0.717) is 23.7 Å². The van der Waals surface area contributed by atoms with Gasteiger partial charge >= 0.3 is 11.9 Å². The maximum absolute atomic E-state index is 12.7. The second-order valence-electron chi connectivity index (χ2n) is 14.3. The number of carboxylic acid groups (broad SMARTS) is 2. The quantitative estimate of drug-likeness (QED) is 0.405. The summed E-state index contributed by atoms with van der Waals surface area (Å²) in [6, 6.07) is 0. The minimum Gasteiger partial charge on any atom is -0.481 e. The monoisotopic (exact) mass is 472 g/mol. The van der Waals surface area contributed by atoms with Crippen LogP contribution in [0.25, 0.3) is 0 Å². The number of rotatable bonds is 5. The van der Waals surface area contributed by atoms with Crippen molar-refractivity contribution >= 4 is 11.9 Å².